The van der Waals surface area contributed by atoms with Gasteiger partial charge >= 0.3 is 23.2 Å². The Hall–Kier alpha value is -3.93. The zero-order valence-electron chi connectivity index (χ0n) is 23.1. The van der Waals surface area contributed by atoms with E-state index in [-0.39, 0.29) is 25.3 Å². The summed E-state index contributed by atoms with van der Waals surface area (Å²) < 4.78 is 7.49. The molecular weight excluding hydrogens is 596 g/mol. The molecule has 4 rings (SSSR count). The standard InChI is InChI=1S/C29H33BrN4O7/c1-29(2,3)41-28(40)31-15-16-7-10-21(17(11-16)5-4-6-24(36)37)32-23(35)14-20-9-8-18-12-19(30)13-22-25(18)34(20)27(39)26(38)33-22/h7,10-13,20H,4-6,8-9,14-15H2,1-3H3,(H,31,40)(H,32,35)(H,33,38)(H,36,37)/t20-/m0/s1. The van der Waals surface area contributed by atoms with Gasteiger partial charge in [-0.05, 0) is 81.3 Å². The van der Waals surface area contributed by atoms with Gasteiger partial charge in [0.1, 0.15) is 5.60 Å². The number of carbonyl (C=O) groups excluding carboxylic acids is 2. The van der Waals surface area contributed by atoms with E-state index in [0.717, 1.165) is 21.2 Å². The molecule has 2 amide bonds. The molecule has 11 nitrogen and oxygen atoms in total. The van der Waals surface area contributed by atoms with Gasteiger partial charge in [0.05, 0.1) is 11.0 Å². The molecule has 1 aliphatic rings. The number of H-pyrrole nitrogens is 1. The number of nitrogens with zero attached hydrogens (tertiary/aromatic N) is 1. The van der Waals surface area contributed by atoms with Crippen molar-refractivity contribution in [1.82, 2.24) is 14.9 Å². The number of benzene rings is 2. The molecule has 41 heavy (non-hydrogen) atoms. The third-order valence-electron chi connectivity index (χ3n) is 6.71. The highest BCUT2D eigenvalue weighted by Gasteiger charge is 2.27. The van der Waals surface area contributed by atoms with Gasteiger partial charge in [-0.1, -0.05) is 28.1 Å². The fraction of sp³-hybridized carbons (Fsp3) is 0.414. The summed E-state index contributed by atoms with van der Waals surface area (Å²) in [6.45, 7) is 5.49. The van der Waals surface area contributed by atoms with Crippen LogP contribution in [0.5, 0.6) is 0 Å². The van der Waals surface area contributed by atoms with Gasteiger partial charge in [0.15, 0.2) is 0 Å². The summed E-state index contributed by atoms with van der Waals surface area (Å²) in [5.74, 6) is -1.26. The van der Waals surface area contributed by atoms with Crippen molar-refractivity contribution in [3.8, 4) is 0 Å². The lowest BCUT2D eigenvalue weighted by Crippen LogP contribution is -2.41. The van der Waals surface area contributed by atoms with Gasteiger partial charge in [-0.2, -0.15) is 0 Å². The van der Waals surface area contributed by atoms with E-state index in [4.69, 9.17) is 9.84 Å². The lowest BCUT2D eigenvalue weighted by atomic mass is 9.96. The van der Waals surface area contributed by atoms with Gasteiger partial charge in [-0.25, -0.2) is 4.79 Å². The molecule has 1 aliphatic heterocycles. The first-order valence-corrected chi connectivity index (χ1v) is 14.2. The highest BCUT2D eigenvalue weighted by atomic mass is 79.9. The molecule has 4 N–H and O–H groups in total. The topological polar surface area (TPSA) is 160 Å². The quantitative estimate of drug-likeness (QED) is 0.255. The molecule has 1 aromatic heterocycles. The number of aromatic amines is 1. The number of anilines is 1. The number of rotatable bonds is 9. The molecule has 218 valence electrons. The van der Waals surface area contributed by atoms with Crippen LogP contribution in [-0.2, 0) is 33.7 Å². The normalized spacial score (nSPS) is 14.5. The Kier molecular flexibility index (Phi) is 9.01. The zero-order chi connectivity index (χ0) is 29.9. The Morgan fingerprint density at radius 2 is 1.93 bits per heavy atom. The SMILES string of the molecule is CC(C)(C)OC(=O)NCc1ccc(NC(=O)C[C@@H]2CCc3cc(Br)cc4[nH]c(=O)c(=O)n2c34)c(CCCC(=O)O)c1. The molecule has 3 aromatic rings. The number of carboxylic acid groups (broad SMARTS) is 1. The molecule has 0 spiro atoms. The third-order valence-corrected chi connectivity index (χ3v) is 7.16. The maximum Gasteiger partial charge on any atom is 0.407 e. The summed E-state index contributed by atoms with van der Waals surface area (Å²) in [5.41, 5.74) is 1.98. The van der Waals surface area contributed by atoms with Gasteiger partial charge in [0.25, 0.3) is 0 Å². The van der Waals surface area contributed by atoms with Crippen molar-refractivity contribution in [3.05, 3.63) is 72.2 Å². The maximum atomic E-state index is 13.2. The number of carbonyl (C=O) groups is 3. The van der Waals surface area contributed by atoms with Crippen LogP contribution in [0.4, 0.5) is 10.5 Å². The lowest BCUT2D eigenvalue weighted by Gasteiger charge is -2.27. The van der Waals surface area contributed by atoms with Crippen LogP contribution in [0.2, 0.25) is 0 Å². The summed E-state index contributed by atoms with van der Waals surface area (Å²) in [5, 5.41) is 14.7. The minimum atomic E-state index is -0.919. The first-order valence-electron chi connectivity index (χ1n) is 13.4. The second-order valence-corrected chi connectivity index (χ2v) is 12.0. The molecule has 0 unspecified atom stereocenters. The predicted molar refractivity (Wildman–Crippen MR) is 157 cm³/mol. The third kappa shape index (κ3) is 7.63. The Labute approximate surface area is 244 Å². The van der Waals surface area contributed by atoms with E-state index in [2.05, 4.69) is 31.5 Å². The Bertz CT molecular complexity index is 1620. The second-order valence-electron chi connectivity index (χ2n) is 11.1. The zero-order valence-corrected chi connectivity index (χ0v) is 24.7. The number of hydrogen-bond donors (Lipinski definition) is 4. The molecule has 12 heteroatoms. The first-order chi connectivity index (χ1) is 19.3. The highest BCUT2D eigenvalue weighted by molar-refractivity contribution is 9.10. The van der Waals surface area contributed by atoms with Crippen molar-refractivity contribution in [2.75, 3.05) is 5.32 Å². The smallest absolute Gasteiger partial charge is 0.407 e. The summed E-state index contributed by atoms with van der Waals surface area (Å²) in [6.07, 6.45) is 1.28. The summed E-state index contributed by atoms with van der Waals surface area (Å²) in [7, 11) is 0. The van der Waals surface area contributed by atoms with Crippen LogP contribution in [-0.4, -0.2) is 38.2 Å². The van der Waals surface area contributed by atoms with E-state index < -0.39 is 34.8 Å². The molecule has 0 aliphatic carbocycles. The highest BCUT2D eigenvalue weighted by Crippen LogP contribution is 2.32. The van der Waals surface area contributed by atoms with Crippen molar-refractivity contribution in [1.29, 1.82) is 0 Å². The first kappa shape index (κ1) is 30.0. The molecule has 0 bridgehead atoms. The van der Waals surface area contributed by atoms with Crippen LogP contribution in [0, 0.1) is 0 Å². The number of amides is 2. The fourth-order valence-corrected chi connectivity index (χ4v) is 5.53. The summed E-state index contributed by atoms with van der Waals surface area (Å²) >= 11 is 3.44. The molecule has 2 heterocycles. The van der Waals surface area contributed by atoms with Gasteiger partial charge in [-0.3, -0.25) is 23.7 Å². The minimum Gasteiger partial charge on any atom is -0.481 e. The molecule has 1 atom stereocenters. The van der Waals surface area contributed by atoms with Crippen LogP contribution in [0.1, 0.15) is 69.2 Å². The van der Waals surface area contributed by atoms with Gasteiger partial charge in [0, 0.05) is 35.6 Å². The van der Waals surface area contributed by atoms with Crippen molar-refractivity contribution >= 4 is 50.6 Å². The number of ether oxygens (including phenoxy) is 1. The van der Waals surface area contributed by atoms with Crippen molar-refractivity contribution < 1.29 is 24.2 Å². The van der Waals surface area contributed by atoms with E-state index in [9.17, 15) is 24.0 Å². The molecular formula is C29H33BrN4O7. The average molecular weight is 630 g/mol. The van der Waals surface area contributed by atoms with Crippen molar-refractivity contribution in [2.45, 2.75) is 77.5 Å². The Balaban J connectivity index is 1.53. The number of aryl methyl sites for hydroxylation is 2. The maximum absolute atomic E-state index is 13.2. The monoisotopic (exact) mass is 628 g/mol. The number of nitrogens with one attached hydrogen (secondary N) is 3. The largest absolute Gasteiger partial charge is 0.481 e. The number of halogens is 1. The van der Waals surface area contributed by atoms with Gasteiger partial charge < -0.3 is 25.5 Å². The van der Waals surface area contributed by atoms with Crippen molar-refractivity contribution in [3.63, 3.8) is 0 Å². The number of hydrogen-bond acceptors (Lipinski definition) is 6. The predicted octanol–water partition coefficient (Wildman–Crippen LogP) is 4.40. The van der Waals surface area contributed by atoms with E-state index in [1.54, 1.807) is 39.0 Å². The summed E-state index contributed by atoms with van der Waals surface area (Å²) in [4.78, 5) is 64.3. The van der Waals surface area contributed by atoms with Crippen LogP contribution >= 0.6 is 15.9 Å². The minimum absolute atomic E-state index is 0.0233. The molecule has 0 radical (unpaired) electrons. The molecule has 0 saturated heterocycles. The Morgan fingerprint density at radius 1 is 1.17 bits per heavy atom. The number of alkyl carbamates (subject to hydrolysis) is 1. The van der Waals surface area contributed by atoms with E-state index in [1.807, 2.05) is 12.1 Å². The molecule has 0 fully saturated rings. The second kappa shape index (κ2) is 12.3. The number of aliphatic carboxylic acids is 1. The number of aromatic nitrogens is 2. The van der Waals surface area contributed by atoms with Crippen LogP contribution < -0.4 is 21.8 Å². The van der Waals surface area contributed by atoms with E-state index in [1.165, 1.54) is 4.57 Å². The van der Waals surface area contributed by atoms with Gasteiger partial charge in [-0.15, -0.1) is 0 Å². The van der Waals surface area contributed by atoms with Crippen LogP contribution in [0.15, 0.2) is 44.4 Å². The molecule has 0 saturated carbocycles. The van der Waals surface area contributed by atoms with Crippen LogP contribution in [0.25, 0.3) is 11.0 Å². The average Bonchev–Trinajstić information content (AvgIpc) is 2.86. The van der Waals surface area contributed by atoms with E-state index >= 15 is 0 Å². The van der Waals surface area contributed by atoms with Crippen molar-refractivity contribution in [2.24, 2.45) is 0 Å². The van der Waals surface area contributed by atoms with Gasteiger partial charge in [0.2, 0.25) is 5.91 Å². The summed E-state index contributed by atoms with van der Waals surface area (Å²) in [6, 6.07) is 8.43. The van der Waals surface area contributed by atoms with E-state index in [0.29, 0.717) is 42.4 Å². The number of carboxylic acids is 1. The Morgan fingerprint density at radius 3 is 2.63 bits per heavy atom. The lowest BCUT2D eigenvalue weighted by molar-refractivity contribution is -0.137. The van der Waals surface area contributed by atoms with Crippen LogP contribution in [0.3, 0.4) is 0 Å². The molecule has 2 aromatic carbocycles. The fourth-order valence-electron chi connectivity index (χ4n) is 5.03.